The van der Waals surface area contributed by atoms with Gasteiger partial charge in [-0.25, -0.2) is 0 Å². The molecule has 0 fully saturated rings. The Bertz CT molecular complexity index is 887. The van der Waals surface area contributed by atoms with Gasteiger partial charge in [0.25, 0.3) is 5.91 Å². The van der Waals surface area contributed by atoms with Crippen molar-refractivity contribution < 1.29 is 9.53 Å². The fourth-order valence-corrected chi connectivity index (χ4v) is 2.85. The second-order valence-electron chi connectivity index (χ2n) is 6.24. The SMILES string of the molecule is COc1ccc(C(C)NC(=O)c2ccc(-c3ccncc3C)cc2)cc1. The Hall–Kier alpha value is -3.14. The summed E-state index contributed by atoms with van der Waals surface area (Å²) in [5, 5.41) is 3.03. The molecule has 0 saturated carbocycles. The van der Waals surface area contributed by atoms with Crippen molar-refractivity contribution in [2.24, 2.45) is 0 Å². The van der Waals surface area contributed by atoms with Gasteiger partial charge in [-0.2, -0.15) is 0 Å². The standard InChI is InChI=1S/C22H22N2O2/c1-15-14-23-13-12-21(15)18-4-6-19(7-5-18)22(25)24-16(2)17-8-10-20(26-3)11-9-17/h4-14,16H,1-3H3,(H,24,25). The number of pyridine rings is 1. The zero-order valence-electron chi connectivity index (χ0n) is 15.2. The van der Waals surface area contributed by atoms with Gasteiger partial charge in [-0.15, -0.1) is 0 Å². The summed E-state index contributed by atoms with van der Waals surface area (Å²) in [7, 11) is 1.64. The summed E-state index contributed by atoms with van der Waals surface area (Å²) in [6.07, 6.45) is 3.62. The molecule has 0 bridgehead atoms. The molecule has 0 aliphatic rings. The van der Waals surface area contributed by atoms with E-state index in [1.807, 2.05) is 74.6 Å². The fraction of sp³-hybridized carbons (Fsp3) is 0.182. The Morgan fingerprint density at radius 1 is 1.04 bits per heavy atom. The first-order chi connectivity index (χ1) is 12.6. The maximum Gasteiger partial charge on any atom is 0.251 e. The lowest BCUT2D eigenvalue weighted by molar-refractivity contribution is 0.0940. The number of rotatable bonds is 5. The highest BCUT2D eigenvalue weighted by molar-refractivity contribution is 5.95. The Labute approximate surface area is 153 Å². The van der Waals surface area contributed by atoms with Crippen LogP contribution in [0.25, 0.3) is 11.1 Å². The van der Waals surface area contributed by atoms with Crippen LogP contribution >= 0.6 is 0 Å². The molecule has 0 aliphatic carbocycles. The minimum Gasteiger partial charge on any atom is -0.497 e. The zero-order valence-corrected chi connectivity index (χ0v) is 15.2. The normalized spacial score (nSPS) is 11.7. The van der Waals surface area contributed by atoms with Crippen LogP contribution in [0, 0.1) is 6.92 Å². The highest BCUT2D eigenvalue weighted by Gasteiger charge is 2.12. The van der Waals surface area contributed by atoms with Gasteiger partial charge in [0.15, 0.2) is 0 Å². The smallest absolute Gasteiger partial charge is 0.251 e. The van der Waals surface area contributed by atoms with Crippen molar-refractivity contribution in [2.45, 2.75) is 19.9 Å². The lowest BCUT2D eigenvalue weighted by Crippen LogP contribution is -2.26. The number of aryl methyl sites for hydroxylation is 1. The summed E-state index contributed by atoms with van der Waals surface area (Å²) in [6.45, 7) is 3.99. The van der Waals surface area contributed by atoms with Crippen LogP contribution < -0.4 is 10.1 Å². The maximum atomic E-state index is 12.5. The third-order valence-corrected chi connectivity index (χ3v) is 4.44. The van der Waals surface area contributed by atoms with Crippen molar-refractivity contribution in [2.75, 3.05) is 7.11 Å². The Morgan fingerprint density at radius 2 is 1.73 bits per heavy atom. The molecule has 1 aromatic heterocycles. The molecule has 132 valence electrons. The number of methoxy groups -OCH3 is 1. The minimum absolute atomic E-state index is 0.0875. The molecule has 0 aliphatic heterocycles. The van der Waals surface area contributed by atoms with Gasteiger partial charge in [-0.05, 0) is 66.4 Å². The van der Waals surface area contributed by atoms with Crippen molar-refractivity contribution in [3.63, 3.8) is 0 Å². The number of benzene rings is 2. The number of nitrogens with zero attached hydrogens (tertiary/aromatic N) is 1. The first-order valence-electron chi connectivity index (χ1n) is 8.54. The fourth-order valence-electron chi connectivity index (χ4n) is 2.85. The maximum absolute atomic E-state index is 12.5. The molecule has 1 atom stereocenters. The molecule has 1 unspecified atom stereocenters. The second-order valence-corrected chi connectivity index (χ2v) is 6.24. The molecule has 3 aromatic rings. The Kier molecular flexibility index (Phi) is 5.32. The number of nitrogens with one attached hydrogen (secondary N) is 1. The molecule has 3 rings (SSSR count). The number of hydrogen-bond acceptors (Lipinski definition) is 3. The summed E-state index contributed by atoms with van der Waals surface area (Å²) in [5.41, 5.74) is 4.98. The number of amides is 1. The lowest BCUT2D eigenvalue weighted by atomic mass is 10.0. The molecular formula is C22H22N2O2. The monoisotopic (exact) mass is 346 g/mol. The van der Waals surface area contributed by atoms with E-state index in [1.54, 1.807) is 13.3 Å². The van der Waals surface area contributed by atoms with Crippen LogP contribution in [-0.4, -0.2) is 18.0 Å². The van der Waals surface area contributed by atoms with E-state index in [9.17, 15) is 4.79 Å². The third kappa shape index (κ3) is 3.91. The predicted molar refractivity (Wildman–Crippen MR) is 103 cm³/mol. The molecule has 4 nitrogen and oxygen atoms in total. The first-order valence-corrected chi connectivity index (χ1v) is 8.54. The van der Waals surface area contributed by atoms with E-state index < -0.39 is 0 Å². The highest BCUT2D eigenvalue weighted by atomic mass is 16.5. The van der Waals surface area contributed by atoms with Gasteiger partial charge in [0.05, 0.1) is 13.2 Å². The van der Waals surface area contributed by atoms with Gasteiger partial charge in [-0.3, -0.25) is 9.78 Å². The highest BCUT2D eigenvalue weighted by Crippen LogP contribution is 2.23. The van der Waals surface area contributed by atoms with Gasteiger partial charge in [-0.1, -0.05) is 24.3 Å². The number of carbonyl (C=O) groups excluding carboxylic acids is 1. The van der Waals surface area contributed by atoms with Crippen molar-refractivity contribution in [3.05, 3.63) is 83.7 Å². The van der Waals surface area contributed by atoms with Crippen LogP contribution in [0.3, 0.4) is 0 Å². The second kappa shape index (κ2) is 7.83. The zero-order chi connectivity index (χ0) is 18.5. The Morgan fingerprint density at radius 3 is 2.35 bits per heavy atom. The van der Waals surface area contributed by atoms with E-state index in [0.717, 1.165) is 28.0 Å². The van der Waals surface area contributed by atoms with Crippen LogP contribution in [0.5, 0.6) is 5.75 Å². The van der Waals surface area contributed by atoms with Crippen molar-refractivity contribution in [1.82, 2.24) is 10.3 Å². The van der Waals surface area contributed by atoms with Crippen molar-refractivity contribution in [1.29, 1.82) is 0 Å². The molecule has 1 N–H and O–H groups in total. The van der Waals surface area contributed by atoms with Crippen LogP contribution in [0.1, 0.15) is 34.5 Å². The van der Waals surface area contributed by atoms with Gasteiger partial charge in [0.2, 0.25) is 0 Å². The van der Waals surface area contributed by atoms with Gasteiger partial charge >= 0.3 is 0 Å². The topological polar surface area (TPSA) is 51.2 Å². The predicted octanol–water partition coefficient (Wildman–Crippen LogP) is 4.56. The number of hydrogen-bond donors (Lipinski definition) is 1. The van der Waals surface area contributed by atoms with Gasteiger partial charge in [0, 0.05) is 18.0 Å². The molecule has 1 heterocycles. The van der Waals surface area contributed by atoms with Gasteiger partial charge < -0.3 is 10.1 Å². The number of ether oxygens (including phenoxy) is 1. The summed E-state index contributed by atoms with van der Waals surface area (Å²) in [6, 6.07) is 17.2. The van der Waals surface area contributed by atoms with Crippen LogP contribution in [0.2, 0.25) is 0 Å². The van der Waals surface area contributed by atoms with E-state index in [2.05, 4.69) is 10.3 Å². The van der Waals surface area contributed by atoms with E-state index in [-0.39, 0.29) is 11.9 Å². The number of carbonyl (C=O) groups is 1. The van der Waals surface area contributed by atoms with Crippen molar-refractivity contribution in [3.8, 4) is 16.9 Å². The van der Waals surface area contributed by atoms with E-state index >= 15 is 0 Å². The summed E-state index contributed by atoms with van der Waals surface area (Å²) in [5.74, 6) is 0.709. The molecule has 0 spiro atoms. The number of aromatic nitrogens is 1. The average Bonchev–Trinajstić information content (AvgIpc) is 2.68. The summed E-state index contributed by atoms with van der Waals surface area (Å²) < 4.78 is 5.16. The lowest BCUT2D eigenvalue weighted by Gasteiger charge is -2.15. The third-order valence-electron chi connectivity index (χ3n) is 4.44. The average molecular weight is 346 g/mol. The molecule has 0 radical (unpaired) electrons. The van der Waals surface area contributed by atoms with Crippen LogP contribution in [-0.2, 0) is 0 Å². The molecule has 26 heavy (non-hydrogen) atoms. The first kappa shape index (κ1) is 17.7. The van der Waals surface area contributed by atoms with E-state index in [1.165, 1.54) is 0 Å². The summed E-state index contributed by atoms with van der Waals surface area (Å²) >= 11 is 0. The molecule has 1 amide bonds. The molecule has 2 aromatic carbocycles. The molecule has 0 saturated heterocycles. The minimum atomic E-state index is -0.0914. The van der Waals surface area contributed by atoms with Crippen molar-refractivity contribution >= 4 is 5.91 Å². The van der Waals surface area contributed by atoms with Crippen LogP contribution in [0.4, 0.5) is 0 Å². The quantitative estimate of drug-likeness (QED) is 0.737. The van der Waals surface area contributed by atoms with Gasteiger partial charge in [0.1, 0.15) is 5.75 Å². The largest absolute Gasteiger partial charge is 0.497 e. The summed E-state index contributed by atoms with van der Waals surface area (Å²) in [4.78, 5) is 16.6. The van der Waals surface area contributed by atoms with E-state index in [4.69, 9.17) is 4.74 Å². The molecular weight excluding hydrogens is 324 g/mol. The molecule has 4 heteroatoms. The van der Waals surface area contributed by atoms with E-state index in [0.29, 0.717) is 5.56 Å². The Balaban J connectivity index is 1.70. The van der Waals surface area contributed by atoms with Crippen LogP contribution in [0.15, 0.2) is 67.0 Å².